The van der Waals surface area contributed by atoms with Gasteiger partial charge in [0.2, 0.25) is 5.91 Å². The first-order chi connectivity index (χ1) is 13.9. The zero-order valence-corrected chi connectivity index (χ0v) is 18.8. The number of halogens is 1. The van der Waals surface area contributed by atoms with Crippen LogP contribution in [0.25, 0.3) is 0 Å². The molecule has 0 unspecified atom stereocenters. The van der Waals surface area contributed by atoms with Crippen molar-refractivity contribution in [3.8, 4) is 0 Å². The number of amides is 3. The Balaban J connectivity index is 1.73. The van der Waals surface area contributed by atoms with Gasteiger partial charge >= 0.3 is 6.03 Å². The molecule has 2 rings (SSSR count). The van der Waals surface area contributed by atoms with Gasteiger partial charge in [-0.25, -0.2) is 4.79 Å². The number of nitrogens with one attached hydrogen (secondary N) is 3. The SMILES string of the molecule is CCN(CC)Cc1ccc(CNC(=O)NCC(=O)Nc2ccc(Br)cc2C)cc1. The van der Waals surface area contributed by atoms with Crippen LogP contribution < -0.4 is 16.0 Å². The zero-order chi connectivity index (χ0) is 21.2. The van der Waals surface area contributed by atoms with E-state index in [2.05, 4.69) is 62.8 Å². The van der Waals surface area contributed by atoms with Gasteiger partial charge in [0.05, 0.1) is 6.54 Å². The lowest BCUT2D eigenvalue weighted by Crippen LogP contribution is -2.39. The van der Waals surface area contributed by atoms with E-state index in [0.29, 0.717) is 6.54 Å². The zero-order valence-electron chi connectivity index (χ0n) is 17.2. The number of anilines is 1. The molecule has 7 heteroatoms. The van der Waals surface area contributed by atoms with Crippen molar-refractivity contribution < 1.29 is 9.59 Å². The lowest BCUT2D eigenvalue weighted by atomic mass is 10.1. The van der Waals surface area contributed by atoms with Crippen molar-refractivity contribution in [2.24, 2.45) is 0 Å². The van der Waals surface area contributed by atoms with Gasteiger partial charge in [0.25, 0.3) is 0 Å². The Morgan fingerprint density at radius 3 is 2.24 bits per heavy atom. The second-order valence-electron chi connectivity index (χ2n) is 6.82. The summed E-state index contributed by atoms with van der Waals surface area (Å²) in [4.78, 5) is 26.3. The molecule has 0 spiro atoms. The maximum atomic E-state index is 12.0. The highest BCUT2D eigenvalue weighted by atomic mass is 79.9. The van der Waals surface area contributed by atoms with Gasteiger partial charge in [-0.15, -0.1) is 0 Å². The van der Waals surface area contributed by atoms with Gasteiger partial charge in [-0.2, -0.15) is 0 Å². The Hall–Kier alpha value is -2.38. The largest absolute Gasteiger partial charge is 0.334 e. The highest BCUT2D eigenvalue weighted by molar-refractivity contribution is 9.10. The van der Waals surface area contributed by atoms with Gasteiger partial charge < -0.3 is 16.0 Å². The van der Waals surface area contributed by atoms with Gasteiger partial charge in [0.15, 0.2) is 0 Å². The number of aryl methyl sites for hydroxylation is 1. The minimum atomic E-state index is -0.375. The molecule has 156 valence electrons. The van der Waals surface area contributed by atoms with E-state index < -0.39 is 0 Å². The summed E-state index contributed by atoms with van der Waals surface area (Å²) in [7, 11) is 0. The summed E-state index contributed by atoms with van der Waals surface area (Å²) in [5, 5.41) is 8.14. The molecule has 2 aromatic rings. The molecule has 0 fully saturated rings. The van der Waals surface area contributed by atoms with Crippen molar-refractivity contribution in [2.45, 2.75) is 33.9 Å². The lowest BCUT2D eigenvalue weighted by Gasteiger charge is -2.18. The van der Waals surface area contributed by atoms with E-state index in [-0.39, 0.29) is 18.5 Å². The normalized spacial score (nSPS) is 10.7. The Labute approximate surface area is 181 Å². The molecular weight excluding hydrogens is 432 g/mol. The molecule has 0 saturated heterocycles. The summed E-state index contributed by atoms with van der Waals surface area (Å²) >= 11 is 3.39. The summed E-state index contributed by atoms with van der Waals surface area (Å²) in [6.45, 7) is 9.50. The van der Waals surface area contributed by atoms with Crippen molar-refractivity contribution in [3.05, 3.63) is 63.6 Å². The topological polar surface area (TPSA) is 73.5 Å². The van der Waals surface area contributed by atoms with E-state index in [0.717, 1.165) is 40.9 Å². The maximum absolute atomic E-state index is 12.0. The minimum absolute atomic E-state index is 0.0931. The first kappa shape index (κ1) is 22.9. The van der Waals surface area contributed by atoms with Crippen molar-refractivity contribution in [1.29, 1.82) is 0 Å². The Morgan fingerprint density at radius 1 is 0.966 bits per heavy atom. The third kappa shape index (κ3) is 7.87. The summed E-state index contributed by atoms with van der Waals surface area (Å²) in [6.07, 6.45) is 0. The molecule has 29 heavy (non-hydrogen) atoms. The van der Waals surface area contributed by atoms with Crippen molar-refractivity contribution in [2.75, 3.05) is 25.0 Å². The van der Waals surface area contributed by atoms with E-state index in [4.69, 9.17) is 0 Å². The van der Waals surface area contributed by atoms with Crippen LogP contribution in [0.3, 0.4) is 0 Å². The molecule has 0 aliphatic heterocycles. The number of rotatable bonds is 9. The predicted octanol–water partition coefficient (Wildman–Crippen LogP) is 4.04. The van der Waals surface area contributed by atoms with Gasteiger partial charge in [-0.1, -0.05) is 54.0 Å². The second-order valence-corrected chi connectivity index (χ2v) is 7.74. The van der Waals surface area contributed by atoms with Crippen LogP contribution in [-0.4, -0.2) is 36.5 Å². The number of hydrogen-bond donors (Lipinski definition) is 3. The molecule has 0 saturated carbocycles. The predicted molar refractivity (Wildman–Crippen MR) is 121 cm³/mol. The first-order valence-corrected chi connectivity index (χ1v) is 10.6. The second kappa shape index (κ2) is 11.6. The molecule has 6 nitrogen and oxygen atoms in total. The molecule has 0 aliphatic rings. The molecule has 3 N–H and O–H groups in total. The number of carbonyl (C=O) groups is 2. The van der Waals surface area contributed by atoms with Crippen LogP contribution >= 0.6 is 15.9 Å². The molecular formula is C22H29BrN4O2. The van der Waals surface area contributed by atoms with Gasteiger partial charge in [-0.3, -0.25) is 9.69 Å². The standard InChI is InChI=1S/C22H29BrN4O2/c1-4-27(5-2)15-18-8-6-17(7-9-18)13-24-22(29)25-14-21(28)26-20-11-10-19(23)12-16(20)3/h6-12H,4-5,13-15H2,1-3H3,(H,26,28)(H2,24,25,29). The molecule has 0 aromatic heterocycles. The van der Waals surface area contributed by atoms with Crippen LogP contribution in [0.2, 0.25) is 0 Å². The fourth-order valence-electron chi connectivity index (χ4n) is 2.84. The van der Waals surface area contributed by atoms with Crippen LogP contribution in [-0.2, 0) is 17.9 Å². The molecule has 0 heterocycles. The van der Waals surface area contributed by atoms with Crippen LogP contribution in [0.5, 0.6) is 0 Å². The first-order valence-electron chi connectivity index (χ1n) is 9.79. The van der Waals surface area contributed by atoms with E-state index in [9.17, 15) is 9.59 Å². The number of carbonyl (C=O) groups excluding carboxylic acids is 2. The van der Waals surface area contributed by atoms with Gasteiger partial charge in [0, 0.05) is 23.2 Å². The van der Waals surface area contributed by atoms with E-state index >= 15 is 0 Å². The minimum Gasteiger partial charge on any atom is -0.334 e. The fraction of sp³-hybridized carbons (Fsp3) is 0.364. The average molecular weight is 461 g/mol. The monoisotopic (exact) mass is 460 g/mol. The third-order valence-corrected chi connectivity index (χ3v) is 5.14. The molecule has 0 aliphatic carbocycles. The third-order valence-electron chi connectivity index (χ3n) is 4.65. The van der Waals surface area contributed by atoms with Crippen molar-refractivity contribution >= 4 is 33.6 Å². The molecule has 0 atom stereocenters. The highest BCUT2D eigenvalue weighted by Crippen LogP contribution is 2.19. The number of urea groups is 1. The van der Waals surface area contributed by atoms with E-state index in [1.54, 1.807) is 0 Å². The quantitative estimate of drug-likeness (QED) is 0.528. The molecule has 0 radical (unpaired) electrons. The van der Waals surface area contributed by atoms with Crippen LogP contribution in [0, 0.1) is 6.92 Å². The summed E-state index contributed by atoms with van der Waals surface area (Å²) in [5.74, 6) is -0.272. The summed E-state index contributed by atoms with van der Waals surface area (Å²) in [6, 6.07) is 13.4. The van der Waals surface area contributed by atoms with Gasteiger partial charge in [0.1, 0.15) is 0 Å². The highest BCUT2D eigenvalue weighted by Gasteiger charge is 2.08. The number of hydrogen-bond acceptors (Lipinski definition) is 3. The van der Waals surface area contributed by atoms with Crippen LogP contribution in [0.1, 0.15) is 30.5 Å². The molecule has 0 bridgehead atoms. The molecule has 3 amide bonds. The fourth-order valence-corrected chi connectivity index (χ4v) is 3.31. The summed E-state index contributed by atoms with van der Waals surface area (Å²) < 4.78 is 0.951. The van der Waals surface area contributed by atoms with Crippen LogP contribution in [0.15, 0.2) is 46.9 Å². The van der Waals surface area contributed by atoms with E-state index in [1.165, 1.54) is 5.56 Å². The summed E-state index contributed by atoms with van der Waals surface area (Å²) in [5.41, 5.74) is 3.94. The Morgan fingerprint density at radius 2 is 1.62 bits per heavy atom. The molecule has 2 aromatic carbocycles. The van der Waals surface area contributed by atoms with Gasteiger partial charge in [-0.05, 0) is 54.9 Å². The number of nitrogens with zero attached hydrogens (tertiary/aromatic N) is 1. The average Bonchev–Trinajstić information content (AvgIpc) is 2.72. The van der Waals surface area contributed by atoms with Crippen LogP contribution in [0.4, 0.5) is 10.5 Å². The maximum Gasteiger partial charge on any atom is 0.315 e. The Kier molecular flexibility index (Phi) is 9.15. The van der Waals surface area contributed by atoms with Crippen molar-refractivity contribution in [1.82, 2.24) is 15.5 Å². The number of benzene rings is 2. The smallest absolute Gasteiger partial charge is 0.315 e. The van der Waals surface area contributed by atoms with Crippen molar-refractivity contribution in [3.63, 3.8) is 0 Å². The Bertz CT molecular complexity index is 820. The van der Waals surface area contributed by atoms with E-state index in [1.807, 2.05) is 37.3 Å². The lowest BCUT2D eigenvalue weighted by molar-refractivity contribution is -0.115.